The molecule has 1 aliphatic heterocycles. The molecule has 0 radical (unpaired) electrons. The number of hydrogen-bond donors (Lipinski definition) is 0. The topological polar surface area (TPSA) is 12.5 Å². The fraction of sp³-hybridized carbons (Fsp3) is 0.167. The molecule has 2 aliphatic rings. The second-order valence-electron chi connectivity index (χ2n) is 3.39. The molecule has 1 aromatic rings. The van der Waals surface area contributed by atoms with E-state index in [1.165, 1.54) is 11.1 Å². The van der Waals surface area contributed by atoms with E-state index in [9.17, 15) is 0 Å². The van der Waals surface area contributed by atoms with Crippen molar-refractivity contribution in [2.45, 2.75) is 12.2 Å². The minimum absolute atomic E-state index is 0.326. The molecule has 0 N–H and O–H groups in total. The van der Waals surface area contributed by atoms with Crippen LogP contribution in [-0.4, -0.2) is 12.2 Å². The zero-order valence-corrected chi connectivity index (χ0v) is 7.18. The van der Waals surface area contributed by atoms with E-state index in [0.717, 1.165) is 0 Å². The Hall–Kier alpha value is -1.34. The smallest absolute Gasteiger partial charge is 0.114 e. The normalized spacial score (nSPS) is 29.4. The highest BCUT2D eigenvalue weighted by Crippen LogP contribution is 2.38. The van der Waals surface area contributed by atoms with Gasteiger partial charge in [0.1, 0.15) is 12.2 Å². The third kappa shape index (κ3) is 1.12. The zero-order chi connectivity index (χ0) is 8.67. The first-order chi connectivity index (χ1) is 6.45. The van der Waals surface area contributed by atoms with Crippen LogP contribution in [0.4, 0.5) is 0 Å². The second kappa shape index (κ2) is 2.57. The van der Waals surface area contributed by atoms with Crippen LogP contribution in [0.15, 0.2) is 48.6 Å². The molecule has 64 valence electrons. The predicted octanol–water partition coefficient (Wildman–Crippen LogP) is 2.41. The van der Waals surface area contributed by atoms with Gasteiger partial charge < -0.3 is 4.74 Å². The van der Waals surface area contributed by atoms with E-state index in [1.54, 1.807) is 0 Å². The number of hydrogen-bond acceptors (Lipinski definition) is 1. The lowest BCUT2D eigenvalue weighted by molar-refractivity contribution is 0.418. The van der Waals surface area contributed by atoms with Crippen LogP contribution in [-0.2, 0) is 4.74 Å². The lowest BCUT2D eigenvalue weighted by Crippen LogP contribution is -1.98. The Morgan fingerprint density at radius 2 is 1.92 bits per heavy atom. The number of benzene rings is 1. The summed E-state index contributed by atoms with van der Waals surface area (Å²) in [7, 11) is 0. The summed E-state index contributed by atoms with van der Waals surface area (Å²) in [6, 6.07) is 10.4. The minimum atomic E-state index is 0.326. The van der Waals surface area contributed by atoms with Crippen LogP contribution in [0.1, 0.15) is 5.56 Å². The van der Waals surface area contributed by atoms with Crippen LogP contribution >= 0.6 is 0 Å². The molecule has 0 bridgehead atoms. The second-order valence-corrected chi connectivity index (χ2v) is 3.39. The molecule has 1 heteroatoms. The quantitative estimate of drug-likeness (QED) is 0.589. The minimum Gasteiger partial charge on any atom is -0.360 e. The third-order valence-electron chi connectivity index (χ3n) is 2.52. The molecular weight excluding hydrogens is 160 g/mol. The third-order valence-corrected chi connectivity index (χ3v) is 2.52. The maximum Gasteiger partial charge on any atom is 0.114 e. The van der Waals surface area contributed by atoms with Crippen molar-refractivity contribution in [3.63, 3.8) is 0 Å². The molecule has 1 aromatic carbocycles. The summed E-state index contributed by atoms with van der Waals surface area (Å²) in [6.07, 6.45) is 7.00. The standard InChI is InChI=1S/C12H10O/c1-2-5-9(6-3-1)10-7-4-8-11-12(10)13-11/h1-8,11-12H. The van der Waals surface area contributed by atoms with Gasteiger partial charge in [0.25, 0.3) is 0 Å². The summed E-state index contributed by atoms with van der Waals surface area (Å²) >= 11 is 0. The first-order valence-corrected chi connectivity index (χ1v) is 4.54. The van der Waals surface area contributed by atoms with E-state index in [1.807, 2.05) is 6.07 Å². The molecule has 3 rings (SSSR count). The summed E-state index contributed by atoms with van der Waals surface area (Å²) in [6.45, 7) is 0. The van der Waals surface area contributed by atoms with E-state index in [-0.39, 0.29) is 0 Å². The maximum atomic E-state index is 5.49. The van der Waals surface area contributed by atoms with E-state index >= 15 is 0 Å². The molecule has 0 aromatic heterocycles. The summed E-state index contributed by atoms with van der Waals surface area (Å²) in [5.41, 5.74) is 2.59. The molecule has 13 heavy (non-hydrogen) atoms. The van der Waals surface area contributed by atoms with Gasteiger partial charge >= 0.3 is 0 Å². The van der Waals surface area contributed by atoms with Gasteiger partial charge in [0.15, 0.2) is 0 Å². The molecular formula is C12H10O. The highest BCUT2D eigenvalue weighted by molar-refractivity contribution is 5.74. The SMILES string of the molecule is C1=CC2OC2C(c2ccccc2)=C1. The molecule has 0 spiro atoms. The van der Waals surface area contributed by atoms with E-state index in [0.29, 0.717) is 12.2 Å². The van der Waals surface area contributed by atoms with Crippen molar-refractivity contribution in [2.75, 3.05) is 0 Å². The number of fused-ring (bicyclic) bond motifs is 1. The average Bonchev–Trinajstić information content (AvgIpc) is 2.97. The lowest BCUT2D eigenvalue weighted by atomic mass is 9.98. The Labute approximate surface area is 77.3 Å². The van der Waals surface area contributed by atoms with Gasteiger partial charge in [-0.05, 0) is 11.1 Å². The summed E-state index contributed by atoms with van der Waals surface area (Å²) in [5.74, 6) is 0. The number of allylic oxidation sites excluding steroid dienone is 2. The first-order valence-electron chi connectivity index (χ1n) is 4.54. The highest BCUT2D eigenvalue weighted by atomic mass is 16.6. The summed E-state index contributed by atoms with van der Waals surface area (Å²) in [4.78, 5) is 0. The lowest BCUT2D eigenvalue weighted by Gasteiger charge is -2.04. The Bertz CT molecular complexity index is 375. The fourth-order valence-electron chi connectivity index (χ4n) is 1.78. The van der Waals surface area contributed by atoms with Gasteiger partial charge in [0.2, 0.25) is 0 Å². The van der Waals surface area contributed by atoms with Crippen molar-refractivity contribution in [2.24, 2.45) is 0 Å². The monoisotopic (exact) mass is 170 g/mol. The Kier molecular flexibility index (Phi) is 1.41. The molecule has 1 heterocycles. The van der Waals surface area contributed by atoms with Gasteiger partial charge in [0.05, 0.1) is 0 Å². The molecule has 1 aliphatic carbocycles. The predicted molar refractivity (Wildman–Crippen MR) is 52.2 cm³/mol. The Balaban J connectivity index is 2.02. The van der Waals surface area contributed by atoms with Gasteiger partial charge in [-0.3, -0.25) is 0 Å². The van der Waals surface area contributed by atoms with Crippen LogP contribution in [0.25, 0.3) is 5.57 Å². The van der Waals surface area contributed by atoms with Crippen LogP contribution in [0.2, 0.25) is 0 Å². The van der Waals surface area contributed by atoms with E-state index in [2.05, 4.69) is 42.5 Å². The number of rotatable bonds is 1. The van der Waals surface area contributed by atoms with Crippen molar-refractivity contribution in [1.82, 2.24) is 0 Å². The van der Waals surface area contributed by atoms with Crippen molar-refractivity contribution < 1.29 is 4.74 Å². The highest BCUT2D eigenvalue weighted by Gasteiger charge is 2.41. The van der Waals surface area contributed by atoms with Gasteiger partial charge in [-0.1, -0.05) is 48.6 Å². The largest absolute Gasteiger partial charge is 0.360 e. The van der Waals surface area contributed by atoms with Crippen molar-refractivity contribution >= 4 is 5.57 Å². The van der Waals surface area contributed by atoms with Crippen molar-refractivity contribution in [3.05, 3.63) is 54.1 Å². The molecule has 0 amide bonds. The van der Waals surface area contributed by atoms with Gasteiger partial charge in [-0.2, -0.15) is 0 Å². The molecule has 1 fully saturated rings. The molecule has 0 saturated carbocycles. The number of ether oxygens (including phenoxy) is 1. The van der Waals surface area contributed by atoms with Crippen LogP contribution < -0.4 is 0 Å². The number of epoxide rings is 1. The van der Waals surface area contributed by atoms with Crippen molar-refractivity contribution in [3.8, 4) is 0 Å². The molecule has 1 saturated heterocycles. The molecule has 2 atom stereocenters. The summed E-state index contributed by atoms with van der Waals surface area (Å²) < 4.78 is 5.49. The van der Waals surface area contributed by atoms with Crippen LogP contribution in [0.3, 0.4) is 0 Å². The van der Waals surface area contributed by atoms with Crippen molar-refractivity contribution in [1.29, 1.82) is 0 Å². The van der Waals surface area contributed by atoms with Gasteiger partial charge in [0, 0.05) is 0 Å². The molecule has 1 nitrogen and oxygen atoms in total. The zero-order valence-electron chi connectivity index (χ0n) is 7.18. The van der Waals surface area contributed by atoms with Crippen LogP contribution in [0.5, 0.6) is 0 Å². The van der Waals surface area contributed by atoms with Gasteiger partial charge in [-0.15, -0.1) is 0 Å². The van der Waals surface area contributed by atoms with Crippen LogP contribution in [0, 0.1) is 0 Å². The molecule has 2 unspecified atom stereocenters. The summed E-state index contributed by atoms with van der Waals surface area (Å²) in [5, 5.41) is 0. The fourth-order valence-corrected chi connectivity index (χ4v) is 1.78. The maximum absolute atomic E-state index is 5.49. The van der Waals surface area contributed by atoms with E-state index < -0.39 is 0 Å². The van der Waals surface area contributed by atoms with Gasteiger partial charge in [-0.25, -0.2) is 0 Å². The van der Waals surface area contributed by atoms with E-state index in [4.69, 9.17) is 4.74 Å². The average molecular weight is 170 g/mol. The first kappa shape index (κ1) is 7.10. The Morgan fingerprint density at radius 1 is 1.08 bits per heavy atom. The Morgan fingerprint density at radius 3 is 2.77 bits per heavy atom.